The van der Waals surface area contributed by atoms with Crippen molar-refractivity contribution < 1.29 is 9.53 Å². The Labute approximate surface area is 97.9 Å². The average molecular weight is 223 g/mol. The van der Waals surface area contributed by atoms with Gasteiger partial charge in [-0.05, 0) is 20.4 Å². The first-order valence-corrected chi connectivity index (χ1v) is 5.41. The molecule has 16 heavy (non-hydrogen) atoms. The second-order valence-electron chi connectivity index (χ2n) is 3.60. The van der Waals surface area contributed by atoms with Crippen LogP contribution in [0.15, 0.2) is 36.5 Å². The molecule has 1 N–H and O–H groups in total. The summed E-state index contributed by atoms with van der Waals surface area (Å²) < 4.78 is 4.77. The minimum absolute atomic E-state index is 0.276. The second kappa shape index (κ2) is 10.2. The van der Waals surface area contributed by atoms with Crippen LogP contribution in [0.2, 0.25) is 0 Å². The highest BCUT2D eigenvalue weighted by Crippen LogP contribution is 2.11. The number of hydrogen-bond donors (Lipinski definition) is 1. The van der Waals surface area contributed by atoms with Crippen molar-refractivity contribution >= 4 is 6.47 Å². The van der Waals surface area contributed by atoms with E-state index < -0.39 is 0 Å². The maximum Gasteiger partial charge on any atom is 0.293 e. The fourth-order valence-corrected chi connectivity index (χ4v) is 1.40. The van der Waals surface area contributed by atoms with Crippen molar-refractivity contribution in [3.8, 4) is 0 Å². The Bertz CT molecular complexity index is 257. The summed E-state index contributed by atoms with van der Waals surface area (Å²) in [4.78, 5) is 10.1. The molecule has 1 atom stereocenters. The van der Waals surface area contributed by atoms with Crippen molar-refractivity contribution in [3.63, 3.8) is 0 Å². The molecule has 0 aromatic rings. The van der Waals surface area contributed by atoms with Crippen molar-refractivity contribution in [3.05, 3.63) is 36.5 Å². The van der Waals surface area contributed by atoms with Gasteiger partial charge in [0.1, 0.15) is 0 Å². The van der Waals surface area contributed by atoms with Crippen LogP contribution in [0.4, 0.5) is 0 Å². The standard InChI is InChI=1S/C13H21NO2/c1-4-5-6-7-12(2)8-13(9-14-3)10-16-11-15/h4-7,11,13-14H,2,8-10H2,1,3H3/b5-4-,7-6-. The zero-order valence-corrected chi connectivity index (χ0v) is 10.1. The van der Waals surface area contributed by atoms with Gasteiger partial charge in [0.05, 0.1) is 6.61 Å². The first-order valence-electron chi connectivity index (χ1n) is 5.41. The molecule has 1 unspecified atom stereocenters. The Hall–Kier alpha value is -1.35. The minimum Gasteiger partial charge on any atom is -0.468 e. The van der Waals surface area contributed by atoms with Gasteiger partial charge in [0.2, 0.25) is 0 Å². The summed E-state index contributed by atoms with van der Waals surface area (Å²) in [6.07, 6.45) is 8.68. The summed E-state index contributed by atoms with van der Waals surface area (Å²) in [6.45, 7) is 7.66. The van der Waals surface area contributed by atoms with Crippen molar-refractivity contribution in [2.75, 3.05) is 20.2 Å². The third-order valence-corrected chi connectivity index (χ3v) is 2.08. The van der Waals surface area contributed by atoms with Crippen LogP contribution >= 0.6 is 0 Å². The highest BCUT2D eigenvalue weighted by molar-refractivity contribution is 5.36. The van der Waals surface area contributed by atoms with Crippen LogP contribution in [0, 0.1) is 5.92 Å². The largest absolute Gasteiger partial charge is 0.468 e. The van der Waals surface area contributed by atoms with E-state index in [4.69, 9.17) is 4.74 Å². The molecule has 0 amide bonds. The summed E-state index contributed by atoms with van der Waals surface area (Å²) in [6, 6.07) is 0. The van der Waals surface area contributed by atoms with Crippen molar-refractivity contribution in [2.45, 2.75) is 13.3 Å². The first kappa shape index (κ1) is 14.6. The lowest BCUT2D eigenvalue weighted by Crippen LogP contribution is -2.23. The van der Waals surface area contributed by atoms with E-state index in [0.29, 0.717) is 13.1 Å². The van der Waals surface area contributed by atoms with Crippen LogP contribution < -0.4 is 5.32 Å². The molecule has 0 aromatic carbocycles. The van der Waals surface area contributed by atoms with E-state index >= 15 is 0 Å². The molecule has 90 valence electrons. The number of rotatable bonds is 9. The number of nitrogens with one attached hydrogen (secondary N) is 1. The summed E-state index contributed by atoms with van der Waals surface area (Å²) in [5.41, 5.74) is 1.04. The van der Waals surface area contributed by atoms with Crippen LogP contribution in [0.3, 0.4) is 0 Å². The molecule has 0 spiro atoms. The quantitative estimate of drug-likeness (QED) is 0.480. The molecular formula is C13H21NO2. The predicted octanol–water partition coefficient (Wildman–Crippen LogP) is 2.07. The maximum atomic E-state index is 10.1. The molecule has 0 rings (SSSR count). The molecule has 0 fully saturated rings. The van der Waals surface area contributed by atoms with E-state index in [0.717, 1.165) is 18.5 Å². The molecule has 0 saturated heterocycles. The summed E-state index contributed by atoms with van der Waals surface area (Å²) in [5.74, 6) is 0.276. The number of hydrogen-bond acceptors (Lipinski definition) is 3. The van der Waals surface area contributed by atoms with E-state index in [9.17, 15) is 4.79 Å². The third kappa shape index (κ3) is 8.00. The average Bonchev–Trinajstić information content (AvgIpc) is 2.26. The molecule has 0 bridgehead atoms. The number of ether oxygens (including phenoxy) is 1. The van der Waals surface area contributed by atoms with Gasteiger partial charge in [-0.2, -0.15) is 0 Å². The number of carbonyl (C=O) groups is 1. The fourth-order valence-electron chi connectivity index (χ4n) is 1.40. The van der Waals surface area contributed by atoms with E-state index in [1.54, 1.807) is 0 Å². The SMILES string of the molecule is C=C(/C=C\C=C/C)CC(CNC)COC=O. The fraction of sp³-hybridized carbons (Fsp3) is 0.462. The Morgan fingerprint density at radius 1 is 1.50 bits per heavy atom. The zero-order chi connectivity index (χ0) is 12.2. The van der Waals surface area contributed by atoms with Crippen LogP contribution in [0.5, 0.6) is 0 Å². The molecule has 0 aliphatic carbocycles. The molecule has 0 heterocycles. The molecule has 0 aromatic heterocycles. The molecular weight excluding hydrogens is 202 g/mol. The first-order chi connectivity index (χ1) is 7.74. The van der Waals surface area contributed by atoms with Crippen molar-refractivity contribution in [2.24, 2.45) is 5.92 Å². The van der Waals surface area contributed by atoms with Gasteiger partial charge >= 0.3 is 0 Å². The molecule has 0 saturated carbocycles. The van der Waals surface area contributed by atoms with Crippen molar-refractivity contribution in [1.82, 2.24) is 5.32 Å². The summed E-state index contributed by atoms with van der Waals surface area (Å²) >= 11 is 0. The summed E-state index contributed by atoms with van der Waals surface area (Å²) in [7, 11) is 1.88. The normalized spacial score (nSPS) is 13.1. The van der Waals surface area contributed by atoms with Gasteiger partial charge in [-0.15, -0.1) is 0 Å². The van der Waals surface area contributed by atoms with Gasteiger partial charge in [-0.3, -0.25) is 4.79 Å². The molecule has 0 aliphatic heterocycles. The van der Waals surface area contributed by atoms with E-state index in [2.05, 4.69) is 11.9 Å². The van der Waals surface area contributed by atoms with Crippen LogP contribution in [-0.2, 0) is 9.53 Å². The lowest BCUT2D eigenvalue weighted by molar-refractivity contribution is -0.129. The maximum absolute atomic E-state index is 10.1. The zero-order valence-electron chi connectivity index (χ0n) is 10.1. The van der Waals surface area contributed by atoms with Gasteiger partial charge in [0.15, 0.2) is 0 Å². The number of carbonyl (C=O) groups excluding carboxylic acids is 1. The highest BCUT2D eigenvalue weighted by Gasteiger charge is 2.08. The molecule has 3 heteroatoms. The third-order valence-electron chi connectivity index (χ3n) is 2.08. The predicted molar refractivity (Wildman–Crippen MR) is 67.1 cm³/mol. The van der Waals surface area contributed by atoms with Crippen molar-refractivity contribution in [1.29, 1.82) is 0 Å². The molecule has 0 aliphatic rings. The number of allylic oxidation sites excluding steroid dienone is 5. The minimum atomic E-state index is 0.276. The topological polar surface area (TPSA) is 38.3 Å². The molecule has 3 nitrogen and oxygen atoms in total. The van der Waals surface area contributed by atoms with Gasteiger partial charge in [-0.25, -0.2) is 0 Å². The monoisotopic (exact) mass is 223 g/mol. The van der Waals surface area contributed by atoms with Gasteiger partial charge < -0.3 is 10.1 Å². The van der Waals surface area contributed by atoms with E-state index in [1.165, 1.54) is 0 Å². The Balaban J connectivity index is 4.05. The second-order valence-corrected chi connectivity index (χ2v) is 3.60. The van der Waals surface area contributed by atoms with Crippen LogP contribution in [0.1, 0.15) is 13.3 Å². The van der Waals surface area contributed by atoms with E-state index in [1.807, 2.05) is 38.3 Å². The van der Waals surface area contributed by atoms with Gasteiger partial charge in [0.25, 0.3) is 6.47 Å². The van der Waals surface area contributed by atoms with Gasteiger partial charge in [0, 0.05) is 12.5 Å². The Morgan fingerprint density at radius 2 is 2.25 bits per heavy atom. The van der Waals surface area contributed by atoms with Gasteiger partial charge in [-0.1, -0.05) is 36.5 Å². The highest BCUT2D eigenvalue weighted by atomic mass is 16.5. The van der Waals surface area contributed by atoms with E-state index in [-0.39, 0.29) is 5.92 Å². The Morgan fingerprint density at radius 3 is 2.81 bits per heavy atom. The van der Waals surface area contributed by atoms with Crippen LogP contribution in [-0.4, -0.2) is 26.7 Å². The molecule has 0 radical (unpaired) electrons. The van der Waals surface area contributed by atoms with Crippen LogP contribution in [0.25, 0.3) is 0 Å². The lowest BCUT2D eigenvalue weighted by Gasteiger charge is -2.15. The lowest BCUT2D eigenvalue weighted by atomic mass is 10.0. The summed E-state index contributed by atoms with van der Waals surface area (Å²) in [5, 5.41) is 3.07. The Kier molecular flexibility index (Phi) is 9.32. The smallest absolute Gasteiger partial charge is 0.293 e.